The summed E-state index contributed by atoms with van der Waals surface area (Å²) in [6.07, 6.45) is 2.67. The van der Waals surface area contributed by atoms with E-state index < -0.39 is 10.0 Å². The lowest BCUT2D eigenvalue weighted by Crippen LogP contribution is -2.16. The third kappa shape index (κ3) is 1.95. The van der Waals surface area contributed by atoms with Crippen molar-refractivity contribution in [2.75, 3.05) is 0 Å². The summed E-state index contributed by atoms with van der Waals surface area (Å²) in [6.45, 7) is 5.50. The van der Waals surface area contributed by atoms with Crippen LogP contribution in [0.25, 0.3) is 0 Å². The van der Waals surface area contributed by atoms with Crippen molar-refractivity contribution >= 4 is 10.0 Å². The van der Waals surface area contributed by atoms with Gasteiger partial charge in [0.15, 0.2) is 0 Å². The highest BCUT2D eigenvalue weighted by Gasteiger charge is 2.22. The Morgan fingerprint density at radius 3 is 2.18 bits per heavy atom. The quantitative estimate of drug-likeness (QED) is 0.810. The maximum Gasteiger partial charge on any atom is 0.284 e. The zero-order valence-electron chi connectivity index (χ0n) is 9.88. The monoisotopic (exact) mass is 251 g/mol. The highest BCUT2D eigenvalue weighted by atomic mass is 32.2. The van der Waals surface area contributed by atoms with Crippen molar-refractivity contribution in [3.8, 4) is 0 Å². The van der Waals surface area contributed by atoms with Crippen LogP contribution in [0.4, 0.5) is 0 Å². The smallest absolute Gasteiger partial charge is 0.199 e. The van der Waals surface area contributed by atoms with Crippen LogP contribution < -0.4 is 0 Å². The Labute approximate surface area is 100 Å². The molecule has 6 heteroatoms. The first kappa shape index (κ1) is 11.8. The predicted octanol–water partition coefficient (Wildman–Crippen LogP) is 1.44. The summed E-state index contributed by atoms with van der Waals surface area (Å²) in [5.41, 5.74) is 2.48. The van der Waals surface area contributed by atoms with Crippen molar-refractivity contribution < 1.29 is 8.42 Å². The third-order valence-electron chi connectivity index (χ3n) is 2.51. The Hall–Kier alpha value is -1.69. The van der Waals surface area contributed by atoms with Gasteiger partial charge in [-0.1, -0.05) is 22.9 Å². The van der Waals surface area contributed by atoms with Crippen LogP contribution in [0.2, 0.25) is 0 Å². The summed E-state index contributed by atoms with van der Waals surface area (Å²) in [4.78, 5) is 0.300. The Bertz CT molecular complexity index is 622. The van der Waals surface area contributed by atoms with Crippen LogP contribution in [0.3, 0.4) is 0 Å². The number of benzene rings is 1. The molecule has 0 amide bonds. The van der Waals surface area contributed by atoms with Gasteiger partial charge >= 0.3 is 0 Å². The first-order chi connectivity index (χ1) is 7.93. The van der Waals surface area contributed by atoms with Crippen molar-refractivity contribution in [2.45, 2.75) is 25.7 Å². The zero-order chi connectivity index (χ0) is 12.6. The molecule has 0 saturated carbocycles. The first-order valence-corrected chi connectivity index (χ1v) is 6.56. The summed E-state index contributed by atoms with van der Waals surface area (Å²) < 4.78 is 25.5. The Kier molecular flexibility index (Phi) is 2.74. The molecule has 0 N–H and O–H groups in total. The molecule has 0 spiro atoms. The molecule has 0 saturated heterocycles. The minimum Gasteiger partial charge on any atom is -0.199 e. The van der Waals surface area contributed by atoms with E-state index in [2.05, 4.69) is 10.3 Å². The SMILES string of the molecule is Cc1cc(C)c(S(=O)(=O)n2ccnn2)c(C)c1. The molecule has 90 valence electrons. The van der Waals surface area contributed by atoms with Crippen LogP contribution in [0.15, 0.2) is 29.4 Å². The van der Waals surface area contributed by atoms with Crippen LogP contribution in [0.5, 0.6) is 0 Å². The molecule has 5 nitrogen and oxygen atoms in total. The molecule has 0 bridgehead atoms. The summed E-state index contributed by atoms with van der Waals surface area (Å²) >= 11 is 0. The van der Waals surface area contributed by atoms with E-state index in [0.717, 1.165) is 20.8 Å². The van der Waals surface area contributed by atoms with Gasteiger partial charge in [0.25, 0.3) is 10.0 Å². The maximum absolute atomic E-state index is 12.3. The highest BCUT2D eigenvalue weighted by molar-refractivity contribution is 7.90. The molecule has 0 atom stereocenters. The van der Waals surface area contributed by atoms with Gasteiger partial charge in [0, 0.05) is 0 Å². The molecule has 0 fully saturated rings. The van der Waals surface area contributed by atoms with Gasteiger partial charge in [-0.3, -0.25) is 0 Å². The molecule has 17 heavy (non-hydrogen) atoms. The molecule has 0 unspecified atom stereocenters. The lowest BCUT2D eigenvalue weighted by Gasteiger charge is -2.11. The van der Waals surface area contributed by atoms with E-state index in [4.69, 9.17) is 0 Å². The van der Waals surface area contributed by atoms with Crippen molar-refractivity contribution in [3.05, 3.63) is 41.2 Å². The van der Waals surface area contributed by atoms with Gasteiger partial charge in [-0.25, -0.2) is 0 Å². The van der Waals surface area contributed by atoms with Crippen molar-refractivity contribution in [3.63, 3.8) is 0 Å². The first-order valence-electron chi connectivity index (χ1n) is 5.12. The average molecular weight is 251 g/mol. The normalized spacial score (nSPS) is 11.7. The maximum atomic E-state index is 12.3. The van der Waals surface area contributed by atoms with E-state index >= 15 is 0 Å². The molecule has 0 radical (unpaired) electrons. The second-order valence-electron chi connectivity index (χ2n) is 4.01. The van der Waals surface area contributed by atoms with Crippen molar-refractivity contribution in [2.24, 2.45) is 0 Å². The van der Waals surface area contributed by atoms with Crippen LogP contribution in [-0.2, 0) is 10.0 Å². The van der Waals surface area contributed by atoms with Crippen molar-refractivity contribution in [1.29, 1.82) is 0 Å². The Balaban J connectivity index is 2.71. The Morgan fingerprint density at radius 1 is 1.12 bits per heavy atom. The summed E-state index contributed by atoms with van der Waals surface area (Å²) in [6, 6.07) is 3.69. The van der Waals surface area contributed by atoms with Crippen LogP contribution in [0.1, 0.15) is 16.7 Å². The predicted molar refractivity (Wildman–Crippen MR) is 63.3 cm³/mol. The number of hydrogen-bond donors (Lipinski definition) is 0. The number of hydrogen-bond acceptors (Lipinski definition) is 4. The number of aryl methyl sites for hydroxylation is 3. The molecule has 1 aromatic heterocycles. The van der Waals surface area contributed by atoms with E-state index in [0.29, 0.717) is 4.90 Å². The number of nitrogens with zero attached hydrogens (tertiary/aromatic N) is 3. The van der Waals surface area contributed by atoms with Gasteiger partial charge in [0.2, 0.25) is 0 Å². The molecular weight excluding hydrogens is 238 g/mol. The van der Waals surface area contributed by atoms with Crippen molar-refractivity contribution in [1.82, 2.24) is 14.4 Å². The van der Waals surface area contributed by atoms with Crippen LogP contribution in [0, 0.1) is 20.8 Å². The minimum absolute atomic E-state index is 0.300. The average Bonchev–Trinajstić information content (AvgIpc) is 2.67. The van der Waals surface area contributed by atoms with Gasteiger partial charge in [0.1, 0.15) is 0 Å². The molecule has 0 aliphatic carbocycles. The lowest BCUT2D eigenvalue weighted by molar-refractivity contribution is 0.576. The van der Waals surface area contributed by atoms with Gasteiger partial charge < -0.3 is 0 Å². The standard InChI is InChI=1S/C11H13N3O2S/c1-8-6-9(2)11(10(3)7-8)17(15,16)14-5-4-12-13-14/h4-7H,1-3H3. The van der Waals surface area contributed by atoms with E-state index in [1.165, 1.54) is 12.4 Å². The van der Waals surface area contributed by atoms with Gasteiger partial charge in [-0.2, -0.15) is 8.42 Å². The molecule has 2 aromatic rings. The molecule has 0 aliphatic rings. The summed E-state index contributed by atoms with van der Waals surface area (Å²) in [5, 5.41) is 7.07. The fourth-order valence-electron chi connectivity index (χ4n) is 1.99. The zero-order valence-corrected chi connectivity index (χ0v) is 10.7. The van der Waals surface area contributed by atoms with Crippen LogP contribution >= 0.6 is 0 Å². The van der Waals surface area contributed by atoms with E-state index in [-0.39, 0.29) is 0 Å². The highest BCUT2D eigenvalue weighted by Crippen LogP contribution is 2.23. The van der Waals surface area contributed by atoms with Gasteiger partial charge in [-0.15, -0.1) is 9.19 Å². The largest absolute Gasteiger partial charge is 0.284 e. The second kappa shape index (κ2) is 3.96. The third-order valence-corrected chi connectivity index (χ3v) is 4.36. The Morgan fingerprint density at radius 2 is 1.71 bits per heavy atom. The van der Waals surface area contributed by atoms with E-state index in [1.807, 2.05) is 19.1 Å². The molecule has 1 heterocycles. The lowest BCUT2D eigenvalue weighted by atomic mass is 10.1. The molecule has 0 aliphatic heterocycles. The topological polar surface area (TPSA) is 64.8 Å². The summed E-state index contributed by atoms with van der Waals surface area (Å²) in [5.74, 6) is 0. The second-order valence-corrected chi connectivity index (χ2v) is 5.74. The number of aromatic nitrogens is 3. The van der Waals surface area contributed by atoms with Gasteiger partial charge in [0.05, 0.1) is 17.3 Å². The fourth-order valence-corrected chi connectivity index (χ4v) is 3.46. The molecule has 2 rings (SSSR count). The van der Waals surface area contributed by atoms with E-state index in [9.17, 15) is 8.42 Å². The molecular formula is C11H13N3O2S. The van der Waals surface area contributed by atoms with E-state index in [1.54, 1.807) is 13.8 Å². The molecule has 1 aromatic carbocycles. The minimum atomic E-state index is -3.63. The summed E-state index contributed by atoms with van der Waals surface area (Å²) in [7, 11) is -3.63. The van der Waals surface area contributed by atoms with Gasteiger partial charge in [-0.05, 0) is 31.9 Å². The fraction of sp³-hybridized carbons (Fsp3) is 0.273. The number of rotatable bonds is 2. The van der Waals surface area contributed by atoms with Crippen LogP contribution in [-0.4, -0.2) is 22.8 Å².